The number of amides is 1. The summed E-state index contributed by atoms with van der Waals surface area (Å²) in [4.78, 5) is 25.5. The Hall–Kier alpha value is -2.47. The highest BCUT2D eigenvalue weighted by Crippen LogP contribution is 2.26. The van der Waals surface area contributed by atoms with Gasteiger partial charge in [0.1, 0.15) is 5.01 Å². The number of fused-ring (bicyclic) bond motifs is 1. The quantitative estimate of drug-likeness (QED) is 0.727. The molecule has 1 amide bonds. The van der Waals surface area contributed by atoms with Crippen molar-refractivity contribution in [2.24, 2.45) is 0 Å². The molecule has 0 bridgehead atoms. The van der Waals surface area contributed by atoms with E-state index in [1.165, 1.54) is 5.39 Å². The Morgan fingerprint density at radius 3 is 2.72 bits per heavy atom. The van der Waals surface area contributed by atoms with Crippen LogP contribution in [-0.2, 0) is 11.2 Å². The second-order valence-electron chi connectivity index (χ2n) is 6.31. The van der Waals surface area contributed by atoms with Crippen LogP contribution in [0.5, 0.6) is 0 Å². The van der Waals surface area contributed by atoms with Crippen LogP contribution in [0.2, 0.25) is 0 Å². The van der Waals surface area contributed by atoms with Crippen LogP contribution in [0.1, 0.15) is 10.7 Å². The minimum Gasteiger partial charge on any atom is -0.366 e. The second-order valence-corrected chi connectivity index (χ2v) is 7.25. The molecular weight excluding hydrogens is 332 g/mol. The Morgan fingerprint density at radius 2 is 1.96 bits per heavy atom. The van der Waals surface area contributed by atoms with Gasteiger partial charge in [0.15, 0.2) is 0 Å². The fourth-order valence-corrected chi connectivity index (χ4v) is 4.04. The molecule has 3 aromatic rings. The first kappa shape index (κ1) is 16.0. The van der Waals surface area contributed by atoms with Gasteiger partial charge in [0.25, 0.3) is 0 Å². The molecule has 4 rings (SSSR count). The largest absolute Gasteiger partial charge is 0.366 e. The lowest BCUT2D eigenvalue weighted by atomic mass is 10.1. The topological polar surface area (TPSA) is 49.3 Å². The maximum atomic E-state index is 12.5. The number of aryl methyl sites for hydroxylation is 1. The van der Waals surface area contributed by atoms with Crippen LogP contribution >= 0.6 is 11.3 Å². The van der Waals surface area contributed by atoms with E-state index in [0.29, 0.717) is 6.42 Å². The number of thiazole rings is 1. The Bertz CT molecular complexity index is 894. The highest BCUT2D eigenvalue weighted by atomic mass is 32.1. The fraction of sp³-hybridized carbons (Fsp3) is 0.316. The number of anilines is 1. The molecule has 3 heterocycles. The average molecular weight is 352 g/mol. The van der Waals surface area contributed by atoms with Gasteiger partial charge in [-0.1, -0.05) is 24.3 Å². The number of carbonyl (C=O) groups excluding carboxylic acids is 1. The highest BCUT2D eigenvalue weighted by molar-refractivity contribution is 7.09. The molecular formula is C19H20N4OS. The van der Waals surface area contributed by atoms with E-state index >= 15 is 0 Å². The van der Waals surface area contributed by atoms with E-state index in [0.717, 1.165) is 48.0 Å². The lowest BCUT2D eigenvalue weighted by Crippen LogP contribution is -2.49. The number of benzene rings is 1. The number of hydrogen-bond donors (Lipinski definition) is 0. The molecule has 0 N–H and O–H groups in total. The van der Waals surface area contributed by atoms with E-state index in [-0.39, 0.29) is 5.91 Å². The predicted octanol–water partition coefficient (Wildman–Crippen LogP) is 2.89. The molecule has 1 aromatic carbocycles. The SMILES string of the molecule is Cc1csc(CC(=O)N2CCN(c3cncc4ccccc34)CC2)n1. The first-order valence-corrected chi connectivity index (χ1v) is 9.35. The molecule has 0 spiro atoms. The maximum Gasteiger partial charge on any atom is 0.229 e. The summed E-state index contributed by atoms with van der Waals surface area (Å²) < 4.78 is 0. The number of rotatable bonds is 3. The van der Waals surface area contributed by atoms with Gasteiger partial charge in [0, 0.05) is 54.2 Å². The van der Waals surface area contributed by atoms with E-state index < -0.39 is 0 Å². The molecule has 1 fully saturated rings. The van der Waals surface area contributed by atoms with E-state index in [4.69, 9.17) is 0 Å². The molecule has 6 heteroatoms. The van der Waals surface area contributed by atoms with Crippen LogP contribution in [0.15, 0.2) is 42.0 Å². The third kappa shape index (κ3) is 3.35. The summed E-state index contributed by atoms with van der Waals surface area (Å²) in [5.74, 6) is 0.171. The molecule has 1 aliphatic heterocycles. The summed E-state index contributed by atoms with van der Waals surface area (Å²) in [6.45, 7) is 5.11. The van der Waals surface area contributed by atoms with Crippen molar-refractivity contribution in [1.82, 2.24) is 14.9 Å². The van der Waals surface area contributed by atoms with Crippen molar-refractivity contribution in [2.45, 2.75) is 13.3 Å². The van der Waals surface area contributed by atoms with Crippen LogP contribution in [-0.4, -0.2) is 47.0 Å². The molecule has 1 aliphatic rings. The highest BCUT2D eigenvalue weighted by Gasteiger charge is 2.23. The number of piperazine rings is 1. The molecule has 0 aliphatic carbocycles. The maximum absolute atomic E-state index is 12.5. The molecule has 2 aromatic heterocycles. The third-order valence-corrected chi connectivity index (χ3v) is 5.56. The molecule has 0 atom stereocenters. The Kier molecular flexibility index (Phi) is 4.36. The monoisotopic (exact) mass is 352 g/mol. The van der Waals surface area contributed by atoms with Crippen LogP contribution in [0.3, 0.4) is 0 Å². The van der Waals surface area contributed by atoms with Crippen LogP contribution < -0.4 is 4.90 Å². The standard InChI is InChI=1S/C19H20N4OS/c1-14-13-25-18(21-14)10-19(24)23-8-6-22(7-9-23)17-12-20-11-15-4-2-3-5-16(15)17/h2-5,11-13H,6-10H2,1H3. The Labute approximate surface area is 150 Å². The molecule has 0 radical (unpaired) electrons. The van der Waals surface area contributed by atoms with Crippen LogP contribution in [0.25, 0.3) is 10.8 Å². The summed E-state index contributed by atoms with van der Waals surface area (Å²) in [7, 11) is 0. The minimum atomic E-state index is 0.171. The fourth-order valence-electron chi connectivity index (χ4n) is 3.27. The van der Waals surface area contributed by atoms with Gasteiger partial charge >= 0.3 is 0 Å². The smallest absolute Gasteiger partial charge is 0.229 e. The van der Waals surface area contributed by atoms with Gasteiger partial charge in [0.05, 0.1) is 18.3 Å². The third-order valence-electron chi connectivity index (χ3n) is 4.59. The van der Waals surface area contributed by atoms with Gasteiger partial charge in [-0.15, -0.1) is 11.3 Å². The molecule has 1 saturated heterocycles. The summed E-state index contributed by atoms with van der Waals surface area (Å²) in [6, 6.07) is 8.31. The van der Waals surface area contributed by atoms with Crippen molar-refractivity contribution in [1.29, 1.82) is 0 Å². The van der Waals surface area contributed by atoms with E-state index in [2.05, 4.69) is 33.1 Å². The van der Waals surface area contributed by atoms with Crippen molar-refractivity contribution in [3.8, 4) is 0 Å². The van der Waals surface area contributed by atoms with Gasteiger partial charge in [-0.25, -0.2) is 4.98 Å². The number of aromatic nitrogens is 2. The van der Waals surface area contributed by atoms with Crippen molar-refractivity contribution in [2.75, 3.05) is 31.1 Å². The van der Waals surface area contributed by atoms with Crippen molar-refractivity contribution < 1.29 is 4.79 Å². The summed E-state index contributed by atoms with van der Waals surface area (Å²) >= 11 is 1.56. The zero-order valence-electron chi connectivity index (χ0n) is 14.2. The lowest BCUT2D eigenvalue weighted by molar-refractivity contribution is -0.130. The van der Waals surface area contributed by atoms with E-state index in [9.17, 15) is 4.79 Å². The van der Waals surface area contributed by atoms with Crippen LogP contribution in [0, 0.1) is 6.92 Å². The molecule has 5 nitrogen and oxygen atoms in total. The summed E-state index contributed by atoms with van der Waals surface area (Å²) in [5, 5.41) is 5.27. The average Bonchev–Trinajstić information content (AvgIpc) is 3.06. The molecule has 25 heavy (non-hydrogen) atoms. The first-order chi connectivity index (χ1) is 12.2. The van der Waals surface area contributed by atoms with Crippen LogP contribution in [0.4, 0.5) is 5.69 Å². The van der Waals surface area contributed by atoms with Crippen molar-refractivity contribution in [3.63, 3.8) is 0 Å². The minimum absolute atomic E-state index is 0.171. The summed E-state index contributed by atoms with van der Waals surface area (Å²) in [6.07, 6.45) is 4.24. The van der Waals surface area contributed by atoms with Gasteiger partial charge < -0.3 is 9.80 Å². The normalized spacial score (nSPS) is 14.9. The number of hydrogen-bond acceptors (Lipinski definition) is 5. The van der Waals surface area contributed by atoms with Gasteiger partial charge in [0.2, 0.25) is 5.91 Å². The summed E-state index contributed by atoms with van der Waals surface area (Å²) in [5.41, 5.74) is 2.14. The molecule has 128 valence electrons. The zero-order chi connectivity index (χ0) is 17.2. The molecule has 0 saturated carbocycles. The number of pyridine rings is 1. The zero-order valence-corrected chi connectivity index (χ0v) is 15.0. The van der Waals surface area contributed by atoms with E-state index in [1.54, 1.807) is 11.3 Å². The first-order valence-electron chi connectivity index (χ1n) is 8.47. The Morgan fingerprint density at radius 1 is 1.16 bits per heavy atom. The number of nitrogens with zero attached hydrogens (tertiary/aromatic N) is 4. The second kappa shape index (κ2) is 6.80. The lowest BCUT2D eigenvalue weighted by Gasteiger charge is -2.36. The van der Waals surface area contributed by atoms with E-state index in [1.807, 2.05) is 35.7 Å². The van der Waals surface area contributed by atoms with Gasteiger partial charge in [-0.3, -0.25) is 9.78 Å². The Balaban J connectivity index is 1.43. The van der Waals surface area contributed by atoms with Crippen molar-refractivity contribution in [3.05, 3.63) is 52.7 Å². The van der Waals surface area contributed by atoms with Gasteiger partial charge in [-0.05, 0) is 6.92 Å². The molecule has 0 unspecified atom stereocenters. The predicted molar refractivity (Wildman–Crippen MR) is 101 cm³/mol. The van der Waals surface area contributed by atoms with Crippen molar-refractivity contribution >= 4 is 33.7 Å². The van der Waals surface area contributed by atoms with Gasteiger partial charge in [-0.2, -0.15) is 0 Å². The number of carbonyl (C=O) groups is 1.